The van der Waals surface area contributed by atoms with Crippen molar-refractivity contribution >= 4 is 21.6 Å². The lowest BCUT2D eigenvalue weighted by Gasteiger charge is -2.32. The molecule has 0 aromatic heterocycles. The van der Waals surface area contributed by atoms with Gasteiger partial charge in [0.25, 0.3) is 0 Å². The van der Waals surface area contributed by atoms with Gasteiger partial charge in [-0.1, -0.05) is 28.4 Å². The largest absolute Gasteiger partial charge is 0.384 e. The molecule has 0 bridgehead atoms. The van der Waals surface area contributed by atoms with Crippen LogP contribution in [-0.4, -0.2) is 55.1 Å². The number of rotatable bonds is 5. The number of hydrogen-bond donors (Lipinski definition) is 1. The maximum Gasteiger partial charge on any atom is 0.0351 e. The molecule has 116 valence electrons. The first-order chi connectivity index (χ1) is 10.3. The van der Waals surface area contributed by atoms with Gasteiger partial charge in [0, 0.05) is 35.8 Å². The molecule has 21 heavy (non-hydrogen) atoms. The highest BCUT2D eigenvalue weighted by Crippen LogP contribution is 2.20. The second-order valence-electron chi connectivity index (χ2n) is 6.28. The highest BCUT2D eigenvalue weighted by molar-refractivity contribution is 9.10. The first-order valence-electron chi connectivity index (χ1n) is 8.27. The number of piperidine rings is 1. The Labute approximate surface area is 136 Å². The third-order valence-corrected chi connectivity index (χ3v) is 5.23. The molecule has 0 radical (unpaired) electrons. The predicted molar refractivity (Wildman–Crippen MR) is 92.9 cm³/mol. The molecule has 3 rings (SSSR count). The number of benzene rings is 1. The average molecular weight is 352 g/mol. The van der Waals surface area contributed by atoms with Crippen LogP contribution in [0.1, 0.15) is 25.7 Å². The van der Waals surface area contributed by atoms with E-state index in [2.05, 4.69) is 55.3 Å². The molecule has 0 aliphatic carbocycles. The summed E-state index contributed by atoms with van der Waals surface area (Å²) in [6.07, 6.45) is 5.60. The minimum atomic E-state index is 0.816. The summed E-state index contributed by atoms with van der Waals surface area (Å²) >= 11 is 3.52. The van der Waals surface area contributed by atoms with Crippen LogP contribution >= 0.6 is 15.9 Å². The fourth-order valence-electron chi connectivity index (χ4n) is 3.55. The van der Waals surface area contributed by atoms with Crippen molar-refractivity contribution in [2.24, 2.45) is 0 Å². The molecule has 1 aromatic carbocycles. The zero-order valence-corrected chi connectivity index (χ0v) is 14.3. The van der Waals surface area contributed by atoms with Gasteiger partial charge in [-0.05, 0) is 57.1 Å². The molecule has 1 unspecified atom stereocenters. The second-order valence-corrected chi connectivity index (χ2v) is 7.19. The topological polar surface area (TPSA) is 18.5 Å². The highest BCUT2D eigenvalue weighted by atomic mass is 79.9. The van der Waals surface area contributed by atoms with Crippen LogP contribution in [0.5, 0.6) is 0 Å². The minimum absolute atomic E-state index is 0.816. The molecule has 3 nitrogen and oxygen atoms in total. The van der Waals surface area contributed by atoms with Gasteiger partial charge in [-0.3, -0.25) is 9.80 Å². The number of anilines is 1. The molecule has 1 N–H and O–H groups in total. The SMILES string of the molecule is Brc1cccc(NCCN2CCC(N3CCCCC3)C2)c1. The van der Waals surface area contributed by atoms with E-state index in [1.165, 1.54) is 57.5 Å². The first-order valence-corrected chi connectivity index (χ1v) is 9.06. The zero-order valence-electron chi connectivity index (χ0n) is 12.7. The predicted octanol–water partition coefficient (Wildman–Crippen LogP) is 3.42. The van der Waals surface area contributed by atoms with Crippen molar-refractivity contribution in [1.82, 2.24) is 9.80 Å². The number of hydrogen-bond acceptors (Lipinski definition) is 3. The smallest absolute Gasteiger partial charge is 0.0351 e. The molecule has 1 atom stereocenters. The lowest BCUT2D eigenvalue weighted by Crippen LogP contribution is -2.41. The third kappa shape index (κ3) is 4.44. The standard InChI is InChI=1S/C17H26BrN3/c18-15-5-4-6-16(13-15)19-8-12-20-11-7-17(14-20)21-9-2-1-3-10-21/h4-6,13,17,19H,1-3,7-12,14H2. The van der Waals surface area contributed by atoms with Crippen molar-refractivity contribution in [3.05, 3.63) is 28.7 Å². The van der Waals surface area contributed by atoms with E-state index in [-0.39, 0.29) is 0 Å². The minimum Gasteiger partial charge on any atom is -0.384 e. The van der Waals surface area contributed by atoms with Gasteiger partial charge < -0.3 is 5.32 Å². The van der Waals surface area contributed by atoms with Crippen LogP contribution < -0.4 is 5.32 Å². The Morgan fingerprint density at radius 3 is 2.81 bits per heavy atom. The molecule has 2 fully saturated rings. The van der Waals surface area contributed by atoms with Crippen LogP contribution in [0, 0.1) is 0 Å². The van der Waals surface area contributed by atoms with E-state index in [0.717, 1.165) is 23.6 Å². The fraction of sp³-hybridized carbons (Fsp3) is 0.647. The number of nitrogens with zero attached hydrogens (tertiary/aromatic N) is 2. The summed E-state index contributed by atoms with van der Waals surface area (Å²) in [6.45, 7) is 7.37. The van der Waals surface area contributed by atoms with Gasteiger partial charge >= 0.3 is 0 Å². The van der Waals surface area contributed by atoms with Crippen LogP contribution in [0.15, 0.2) is 28.7 Å². The van der Waals surface area contributed by atoms with Gasteiger partial charge in [0.15, 0.2) is 0 Å². The number of nitrogens with one attached hydrogen (secondary N) is 1. The Bertz CT molecular complexity index is 445. The maximum atomic E-state index is 3.52. The van der Waals surface area contributed by atoms with Crippen molar-refractivity contribution in [2.45, 2.75) is 31.7 Å². The quantitative estimate of drug-likeness (QED) is 0.876. The average Bonchev–Trinajstić information content (AvgIpc) is 2.97. The van der Waals surface area contributed by atoms with E-state index < -0.39 is 0 Å². The van der Waals surface area contributed by atoms with Gasteiger partial charge in [-0.2, -0.15) is 0 Å². The molecule has 1 aromatic rings. The molecule has 0 saturated carbocycles. The van der Waals surface area contributed by atoms with Crippen molar-refractivity contribution in [2.75, 3.05) is 44.6 Å². The highest BCUT2D eigenvalue weighted by Gasteiger charge is 2.27. The van der Waals surface area contributed by atoms with Gasteiger partial charge in [0.2, 0.25) is 0 Å². The van der Waals surface area contributed by atoms with Crippen LogP contribution in [-0.2, 0) is 0 Å². The van der Waals surface area contributed by atoms with E-state index in [0.29, 0.717) is 0 Å². The van der Waals surface area contributed by atoms with Crippen molar-refractivity contribution < 1.29 is 0 Å². The Morgan fingerprint density at radius 1 is 1.14 bits per heavy atom. The molecule has 4 heteroatoms. The lowest BCUT2D eigenvalue weighted by atomic mass is 10.1. The van der Waals surface area contributed by atoms with Crippen molar-refractivity contribution in [3.63, 3.8) is 0 Å². The summed E-state index contributed by atoms with van der Waals surface area (Å²) in [6, 6.07) is 9.23. The van der Waals surface area contributed by atoms with Crippen molar-refractivity contribution in [1.29, 1.82) is 0 Å². The van der Waals surface area contributed by atoms with Crippen LogP contribution in [0.2, 0.25) is 0 Å². The molecule has 0 amide bonds. The summed E-state index contributed by atoms with van der Waals surface area (Å²) in [5, 5.41) is 3.52. The van der Waals surface area contributed by atoms with Crippen molar-refractivity contribution in [3.8, 4) is 0 Å². The molecule has 2 saturated heterocycles. The van der Waals surface area contributed by atoms with E-state index in [1.54, 1.807) is 0 Å². The number of likely N-dealkylation sites (tertiary alicyclic amines) is 2. The van der Waals surface area contributed by atoms with E-state index in [4.69, 9.17) is 0 Å². The Morgan fingerprint density at radius 2 is 2.00 bits per heavy atom. The summed E-state index contributed by atoms with van der Waals surface area (Å²) in [7, 11) is 0. The molecular formula is C17H26BrN3. The molecule has 0 spiro atoms. The molecule has 2 aliphatic rings. The van der Waals surface area contributed by atoms with Crippen LogP contribution in [0.4, 0.5) is 5.69 Å². The van der Waals surface area contributed by atoms with Gasteiger partial charge in [-0.15, -0.1) is 0 Å². The monoisotopic (exact) mass is 351 g/mol. The normalized spacial score (nSPS) is 24.3. The van der Waals surface area contributed by atoms with Gasteiger partial charge in [-0.25, -0.2) is 0 Å². The fourth-order valence-corrected chi connectivity index (χ4v) is 3.95. The van der Waals surface area contributed by atoms with E-state index >= 15 is 0 Å². The summed E-state index contributed by atoms with van der Waals surface area (Å²) in [5.41, 5.74) is 1.20. The van der Waals surface area contributed by atoms with Crippen LogP contribution in [0.25, 0.3) is 0 Å². The first kappa shape index (κ1) is 15.3. The summed E-state index contributed by atoms with van der Waals surface area (Å²) in [4.78, 5) is 5.34. The number of halogens is 1. The Kier molecular flexibility index (Phi) is 5.55. The molecular weight excluding hydrogens is 326 g/mol. The third-order valence-electron chi connectivity index (χ3n) is 4.74. The van der Waals surface area contributed by atoms with Gasteiger partial charge in [0.1, 0.15) is 0 Å². The zero-order chi connectivity index (χ0) is 14.5. The summed E-state index contributed by atoms with van der Waals surface area (Å²) in [5.74, 6) is 0. The van der Waals surface area contributed by atoms with Crippen LogP contribution in [0.3, 0.4) is 0 Å². The Hall–Kier alpha value is -0.580. The Balaban J connectivity index is 1.38. The molecule has 2 heterocycles. The van der Waals surface area contributed by atoms with E-state index in [9.17, 15) is 0 Å². The second kappa shape index (κ2) is 7.61. The lowest BCUT2D eigenvalue weighted by molar-refractivity contribution is 0.163. The van der Waals surface area contributed by atoms with Gasteiger partial charge in [0.05, 0.1) is 0 Å². The molecule has 2 aliphatic heterocycles. The maximum absolute atomic E-state index is 3.52. The summed E-state index contributed by atoms with van der Waals surface area (Å²) < 4.78 is 1.14. The van der Waals surface area contributed by atoms with E-state index in [1.807, 2.05) is 0 Å².